The number of carbonyl (C=O) groups is 2. The predicted octanol–water partition coefficient (Wildman–Crippen LogP) is 2.01. The first-order chi connectivity index (χ1) is 16.3. The molecule has 34 heavy (non-hydrogen) atoms. The summed E-state index contributed by atoms with van der Waals surface area (Å²) in [5, 5.41) is 10.7. The van der Waals surface area contributed by atoms with Crippen LogP contribution in [0, 0.1) is 5.92 Å². The first-order valence-electron chi connectivity index (χ1n) is 10.7. The minimum Gasteiger partial charge on any atom is -0.447 e. The molecule has 0 spiro atoms. The number of aromatic nitrogens is 1. The van der Waals surface area contributed by atoms with Gasteiger partial charge in [0.25, 0.3) is 10.0 Å². The summed E-state index contributed by atoms with van der Waals surface area (Å²) >= 11 is 0. The van der Waals surface area contributed by atoms with E-state index in [1.165, 1.54) is 30.5 Å². The van der Waals surface area contributed by atoms with Crippen molar-refractivity contribution in [1.29, 1.82) is 0 Å². The Bertz CT molecular complexity index is 1120. The van der Waals surface area contributed by atoms with Crippen molar-refractivity contribution in [3.05, 3.63) is 85.6 Å². The Morgan fingerprint density at radius 1 is 1.24 bits per heavy atom. The number of rotatable bonds is 11. The van der Waals surface area contributed by atoms with Crippen molar-refractivity contribution >= 4 is 22.0 Å². The van der Waals surface area contributed by atoms with Crippen LogP contribution in [0.25, 0.3) is 0 Å². The summed E-state index contributed by atoms with van der Waals surface area (Å²) in [6.07, 6.45) is 2.01. The lowest BCUT2D eigenvalue weighted by Gasteiger charge is -2.29. The van der Waals surface area contributed by atoms with Crippen LogP contribution >= 0.6 is 0 Å². The quantitative estimate of drug-likeness (QED) is 0.484. The van der Waals surface area contributed by atoms with Crippen LogP contribution in [-0.4, -0.2) is 71.6 Å². The van der Waals surface area contributed by atoms with E-state index in [1.54, 1.807) is 6.07 Å². The van der Waals surface area contributed by atoms with Gasteiger partial charge in [-0.3, -0.25) is 4.79 Å². The van der Waals surface area contributed by atoms with Crippen molar-refractivity contribution in [2.75, 3.05) is 19.7 Å². The number of cyclic esters (lactones) is 1. The van der Waals surface area contributed by atoms with E-state index in [-0.39, 0.29) is 18.2 Å². The number of carbonyl (C=O) groups excluding carboxylic acids is 2. The maximum absolute atomic E-state index is 13.3. The van der Waals surface area contributed by atoms with Gasteiger partial charge in [-0.15, -0.1) is 13.2 Å². The van der Waals surface area contributed by atoms with E-state index in [4.69, 9.17) is 4.74 Å². The Kier molecular flexibility index (Phi) is 8.32. The van der Waals surface area contributed by atoms with Crippen LogP contribution in [0.5, 0.6) is 0 Å². The Hall–Kier alpha value is -3.34. The zero-order valence-electron chi connectivity index (χ0n) is 18.6. The molecule has 3 rings (SSSR count). The number of hydrogen-bond donors (Lipinski definition) is 1. The molecule has 0 bridgehead atoms. The third kappa shape index (κ3) is 5.58. The number of aliphatic hydroxyl groups excluding tert-OH is 1. The number of pyridine rings is 1. The van der Waals surface area contributed by atoms with Crippen molar-refractivity contribution in [3.8, 4) is 0 Å². The van der Waals surface area contributed by atoms with Gasteiger partial charge in [-0.25, -0.2) is 23.1 Å². The molecule has 1 saturated heterocycles. The zero-order chi connectivity index (χ0) is 24.7. The third-order valence-corrected chi connectivity index (χ3v) is 7.18. The minimum atomic E-state index is -4.07. The highest BCUT2D eigenvalue weighted by molar-refractivity contribution is 7.89. The number of aliphatic hydroxyl groups is 1. The van der Waals surface area contributed by atoms with Crippen LogP contribution in [-0.2, 0) is 26.0 Å². The van der Waals surface area contributed by atoms with Gasteiger partial charge in [0.2, 0.25) is 5.91 Å². The normalized spacial score (nSPS) is 17.8. The van der Waals surface area contributed by atoms with Crippen LogP contribution in [0.2, 0.25) is 0 Å². The molecule has 2 heterocycles. The second kappa shape index (κ2) is 11.2. The molecular weight excluding hydrogens is 458 g/mol. The standard InChI is InChI=1S/C24H27N3O6S/c1-3-14-26(34(31,32)22-12-8-9-13-25-22)16-21(28)20(4-2)23(29)27-19(17-33-24(27)30)15-18-10-6-5-7-11-18/h3-13,19-21,28H,1-2,14-17H2/t19-,20-,21+/m0/s1. The molecular formula is C24H27N3O6S. The summed E-state index contributed by atoms with van der Waals surface area (Å²) in [6.45, 7) is 6.67. The Morgan fingerprint density at radius 3 is 2.56 bits per heavy atom. The molecule has 1 aliphatic heterocycles. The molecule has 180 valence electrons. The SMILES string of the molecule is C=CCN(C[C@@H](O)[C@H](C=C)C(=O)N1C(=O)OC[C@@H]1Cc1ccccc1)S(=O)(=O)c1ccccn1. The fraction of sp³-hybridized carbons (Fsp3) is 0.292. The second-order valence-corrected chi connectivity index (χ2v) is 9.62. The lowest BCUT2D eigenvalue weighted by Crippen LogP contribution is -2.49. The van der Waals surface area contributed by atoms with E-state index in [9.17, 15) is 23.1 Å². The van der Waals surface area contributed by atoms with Crippen molar-refractivity contribution in [1.82, 2.24) is 14.2 Å². The summed E-state index contributed by atoms with van der Waals surface area (Å²) in [5.41, 5.74) is 0.915. The van der Waals surface area contributed by atoms with Crippen LogP contribution in [0.1, 0.15) is 5.56 Å². The van der Waals surface area contributed by atoms with Crippen molar-refractivity contribution in [3.63, 3.8) is 0 Å². The molecule has 1 aromatic heterocycles. The van der Waals surface area contributed by atoms with E-state index in [0.29, 0.717) is 6.42 Å². The van der Waals surface area contributed by atoms with Gasteiger partial charge in [-0.05, 0) is 24.1 Å². The van der Waals surface area contributed by atoms with Crippen LogP contribution in [0.15, 0.2) is 85.1 Å². The van der Waals surface area contributed by atoms with E-state index < -0.39 is 46.6 Å². The van der Waals surface area contributed by atoms with Crippen molar-refractivity contribution in [2.45, 2.75) is 23.6 Å². The van der Waals surface area contributed by atoms with Crippen molar-refractivity contribution in [2.24, 2.45) is 5.92 Å². The summed E-state index contributed by atoms with van der Waals surface area (Å²) in [5.74, 6) is -1.95. The summed E-state index contributed by atoms with van der Waals surface area (Å²) in [6, 6.07) is 13.2. The largest absolute Gasteiger partial charge is 0.447 e. The topological polar surface area (TPSA) is 117 Å². The van der Waals surface area contributed by atoms with E-state index in [0.717, 1.165) is 14.8 Å². The fourth-order valence-electron chi connectivity index (χ4n) is 3.72. The third-order valence-electron chi connectivity index (χ3n) is 5.43. The average Bonchev–Trinajstić information content (AvgIpc) is 3.20. The molecule has 3 atom stereocenters. The number of amides is 2. The smallest absolute Gasteiger partial charge is 0.417 e. The number of hydrogen-bond acceptors (Lipinski definition) is 7. The maximum atomic E-state index is 13.3. The van der Waals surface area contributed by atoms with E-state index in [2.05, 4.69) is 18.1 Å². The number of ether oxygens (including phenoxy) is 1. The molecule has 0 unspecified atom stereocenters. The Labute approximate surface area is 199 Å². The van der Waals surface area contributed by atoms with Crippen molar-refractivity contribution < 1.29 is 27.9 Å². The van der Waals surface area contributed by atoms with Gasteiger partial charge in [0.05, 0.1) is 18.1 Å². The summed E-state index contributed by atoms with van der Waals surface area (Å²) < 4.78 is 32.1. The highest BCUT2D eigenvalue weighted by atomic mass is 32.2. The number of nitrogens with zero attached hydrogens (tertiary/aromatic N) is 3. The maximum Gasteiger partial charge on any atom is 0.417 e. The van der Waals surface area contributed by atoms with E-state index in [1.807, 2.05) is 30.3 Å². The van der Waals surface area contributed by atoms with Gasteiger partial charge in [0, 0.05) is 19.3 Å². The molecule has 9 nitrogen and oxygen atoms in total. The van der Waals surface area contributed by atoms with Crippen LogP contribution < -0.4 is 0 Å². The lowest BCUT2D eigenvalue weighted by molar-refractivity contribution is -0.135. The van der Waals surface area contributed by atoms with Gasteiger partial charge in [0.15, 0.2) is 5.03 Å². The molecule has 0 radical (unpaired) electrons. The van der Waals surface area contributed by atoms with Gasteiger partial charge in [-0.2, -0.15) is 4.31 Å². The van der Waals surface area contributed by atoms with Gasteiger partial charge >= 0.3 is 6.09 Å². The monoisotopic (exact) mass is 485 g/mol. The first-order valence-corrected chi connectivity index (χ1v) is 12.1. The van der Waals surface area contributed by atoms with Crippen LogP contribution in [0.4, 0.5) is 4.79 Å². The summed E-state index contributed by atoms with van der Waals surface area (Å²) in [7, 11) is -4.07. The average molecular weight is 486 g/mol. The van der Waals surface area contributed by atoms with Crippen LogP contribution in [0.3, 0.4) is 0 Å². The van der Waals surface area contributed by atoms with Gasteiger partial charge < -0.3 is 9.84 Å². The van der Waals surface area contributed by atoms with Gasteiger partial charge in [-0.1, -0.05) is 48.6 Å². The molecule has 0 saturated carbocycles. The molecule has 0 aliphatic carbocycles. The highest BCUT2D eigenvalue weighted by Gasteiger charge is 2.42. The Balaban J connectivity index is 1.79. The Morgan fingerprint density at radius 2 is 1.94 bits per heavy atom. The molecule has 10 heteroatoms. The molecule has 2 amide bonds. The lowest BCUT2D eigenvalue weighted by atomic mass is 9.98. The van der Waals surface area contributed by atoms with E-state index >= 15 is 0 Å². The molecule has 1 N–H and O–H groups in total. The second-order valence-electron chi connectivity index (χ2n) is 7.74. The molecule has 2 aromatic rings. The fourth-order valence-corrected chi connectivity index (χ4v) is 5.08. The molecule has 1 aromatic carbocycles. The van der Waals surface area contributed by atoms with Gasteiger partial charge in [0.1, 0.15) is 6.61 Å². The molecule has 1 aliphatic rings. The molecule has 1 fully saturated rings. The first kappa shape index (κ1) is 25.3. The predicted molar refractivity (Wildman–Crippen MR) is 125 cm³/mol. The number of benzene rings is 1. The number of imide groups is 1. The minimum absolute atomic E-state index is 0.0239. The number of sulfonamides is 1. The summed E-state index contributed by atoms with van der Waals surface area (Å²) in [4.78, 5) is 30.5. The highest BCUT2D eigenvalue weighted by Crippen LogP contribution is 2.23. The zero-order valence-corrected chi connectivity index (χ0v) is 19.4.